The molecule has 0 aliphatic rings. The highest BCUT2D eigenvalue weighted by Gasteiger charge is 2.09. The van der Waals surface area contributed by atoms with Gasteiger partial charge in [0.1, 0.15) is 5.82 Å². The van der Waals surface area contributed by atoms with Gasteiger partial charge in [-0.2, -0.15) is 0 Å². The average molecular weight is 271 g/mol. The standard InChI is InChI=1S/C18H22FN/c1-4-9-20-12-15-6-7-16(19)11-18(15)17-8-5-13(2)10-14(17)3/h5-8,10-11,20H,4,9,12H2,1-3H3. The molecule has 0 spiro atoms. The zero-order valence-corrected chi connectivity index (χ0v) is 12.5. The fourth-order valence-electron chi connectivity index (χ4n) is 2.47. The van der Waals surface area contributed by atoms with Crippen LogP contribution in [-0.2, 0) is 6.54 Å². The Kier molecular flexibility index (Phi) is 4.91. The Labute approximate surface area is 120 Å². The van der Waals surface area contributed by atoms with Gasteiger partial charge in [0.05, 0.1) is 0 Å². The summed E-state index contributed by atoms with van der Waals surface area (Å²) in [5.41, 5.74) is 5.67. The molecule has 0 aliphatic carbocycles. The molecule has 0 fully saturated rings. The molecule has 0 radical (unpaired) electrons. The first-order valence-corrected chi connectivity index (χ1v) is 7.18. The van der Waals surface area contributed by atoms with E-state index in [4.69, 9.17) is 0 Å². The van der Waals surface area contributed by atoms with Crippen molar-refractivity contribution in [1.82, 2.24) is 5.32 Å². The van der Waals surface area contributed by atoms with E-state index in [9.17, 15) is 4.39 Å². The summed E-state index contributed by atoms with van der Waals surface area (Å²) in [7, 11) is 0. The maximum atomic E-state index is 13.6. The van der Waals surface area contributed by atoms with Crippen LogP contribution in [0.1, 0.15) is 30.0 Å². The molecule has 0 unspecified atom stereocenters. The van der Waals surface area contributed by atoms with E-state index < -0.39 is 0 Å². The van der Waals surface area contributed by atoms with Crippen LogP contribution in [0.25, 0.3) is 11.1 Å². The van der Waals surface area contributed by atoms with Crippen molar-refractivity contribution in [2.24, 2.45) is 0 Å². The van der Waals surface area contributed by atoms with Crippen LogP contribution in [0.2, 0.25) is 0 Å². The Bertz CT molecular complexity index is 590. The van der Waals surface area contributed by atoms with Crippen molar-refractivity contribution in [3.05, 3.63) is 58.9 Å². The van der Waals surface area contributed by atoms with Crippen LogP contribution >= 0.6 is 0 Å². The van der Waals surface area contributed by atoms with Crippen LogP contribution in [-0.4, -0.2) is 6.54 Å². The quantitative estimate of drug-likeness (QED) is 0.783. The molecular formula is C18H22FN. The maximum Gasteiger partial charge on any atom is 0.123 e. The first-order chi connectivity index (χ1) is 9.61. The predicted molar refractivity (Wildman–Crippen MR) is 83.3 cm³/mol. The Morgan fingerprint density at radius 1 is 1.00 bits per heavy atom. The van der Waals surface area contributed by atoms with E-state index >= 15 is 0 Å². The van der Waals surface area contributed by atoms with E-state index in [0.717, 1.165) is 36.2 Å². The van der Waals surface area contributed by atoms with Gasteiger partial charge in [0.2, 0.25) is 0 Å². The highest BCUT2D eigenvalue weighted by molar-refractivity contribution is 5.71. The highest BCUT2D eigenvalue weighted by Crippen LogP contribution is 2.28. The third-order valence-corrected chi connectivity index (χ3v) is 3.49. The fraction of sp³-hybridized carbons (Fsp3) is 0.333. The monoisotopic (exact) mass is 271 g/mol. The molecule has 0 aromatic heterocycles. The van der Waals surface area contributed by atoms with Gasteiger partial charge in [0, 0.05) is 6.54 Å². The summed E-state index contributed by atoms with van der Waals surface area (Å²) >= 11 is 0. The average Bonchev–Trinajstić information content (AvgIpc) is 2.41. The second-order valence-corrected chi connectivity index (χ2v) is 5.30. The van der Waals surface area contributed by atoms with E-state index in [-0.39, 0.29) is 5.82 Å². The van der Waals surface area contributed by atoms with Crippen molar-refractivity contribution in [2.75, 3.05) is 6.54 Å². The molecule has 106 valence electrons. The molecule has 0 saturated carbocycles. The van der Waals surface area contributed by atoms with Gasteiger partial charge in [-0.15, -0.1) is 0 Å². The molecule has 20 heavy (non-hydrogen) atoms. The number of rotatable bonds is 5. The van der Waals surface area contributed by atoms with Crippen molar-refractivity contribution >= 4 is 0 Å². The van der Waals surface area contributed by atoms with Gasteiger partial charge in [0.25, 0.3) is 0 Å². The number of nitrogens with one attached hydrogen (secondary N) is 1. The smallest absolute Gasteiger partial charge is 0.123 e. The Morgan fingerprint density at radius 2 is 1.80 bits per heavy atom. The van der Waals surface area contributed by atoms with E-state index in [1.54, 1.807) is 6.07 Å². The van der Waals surface area contributed by atoms with Crippen molar-refractivity contribution in [2.45, 2.75) is 33.7 Å². The minimum Gasteiger partial charge on any atom is -0.313 e. The number of hydrogen-bond acceptors (Lipinski definition) is 1. The second-order valence-electron chi connectivity index (χ2n) is 5.30. The highest BCUT2D eigenvalue weighted by atomic mass is 19.1. The molecule has 2 aromatic rings. The van der Waals surface area contributed by atoms with Crippen molar-refractivity contribution in [1.29, 1.82) is 0 Å². The molecular weight excluding hydrogens is 249 g/mol. The largest absolute Gasteiger partial charge is 0.313 e. The van der Waals surface area contributed by atoms with Gasteiger partial charge >= 0.3 is 0 Å². The van der Waals surface area contributed by atoms with Crippen LogP contribution in [0.15, 0.2) is 36.4 Å². The van der Waals surface area contributed by atoms with Gasteiger partial charge < -0.3 is 5.32 Å². The molecule has 0 bridgehead atoms. The lowest BCUT2D eigenvalue weighted by Crippen LogP contribution is -2.14. The first-order valence-electron chi connectivity index (χ1n) is 7.18. The van der Waals surface area contributed by atoms with Gasteiger partial charge in [-0.1, -0.05) is 36.8 Å². The summed E-state index contributed by atoms with van der Waals surface area (Å²) in [6.07, 6.45) is 1.10. The molecule has 2 aromatic carbocycles. The summed E-state index contributed by atoms with van der Waals surface area (Å²) in [6, 6.07) is 11.4. The van der Waals surface area contributed by atoms with Crippen LogP contribution in [0, 0.1) is 19.7 Å². The molecule has 1 nitrogen and oxygen atoms in total. The zero-order chi connectivity index (χ0) is 14.5. The lowest BCUT2D eigenvalue weighted by Gasteiger charge is -2.13. The Morgan fingerprint density at radius 3 is 2.50 bits per heavy atom. The van der Waals surface area contributed by atoms with Crippen molar-refractivity contribution in [3.8, 4) is 11.1 Å². The maximum absolute atomic E-state index is 13.6. The fourth-order valence-corrected chi connectivity index (χ4v) is 2.47. The van der Waals surface area contributed by atoms with E-state index in [1.165, 1.54) is 17.2 Å². The summed E-state index contributed by atoms with van der Waals surface area (Å²) in [5.74, 6) is -0.181. The Hall–Kier alpha value is -1.67. The number of hydrogen-bond donors (Lipinski definition) is 1. The normalized spacial score (nSPS) is 10.8. The molecule has 0 saturated heterocycles. The first kappa shape index (κ1) is 14.7. The lowest BCUT2D eigenvalue weighted by atomic mass is 9.94. The molecule has 0 amide bonds. The van der Waals surface area contributed by atoms with Gasteiger partial charge in [0.15, 0.2) is 0 Å². The van der Waals surface area contributed by atoms with Crippen LogP contribution in [0.5, 0.6) is 0 Å². The van der Waals surface area contributed by atoms with Crippen LogP contribution in [0.4, 0.5) is 4.39 Å². The summed E-state index contributed by atoms with van der Waals surface area (Å²) in [4.78, 5) is 0. The molecule has 0 heterocycles. The van der Waals surface area contributed by atoms with E-state index in [0.29, 0.717) is 0 Å². The summed E-state index contributed by atoms with van der Waals surface area (Å²) in [6.45, 7) is 8.05. The lowest BCUT2D eigenvalue weighted by molar-refractivity contribution is 0.625. The number of benzene rings is 2. The van der Waals surface area contributed by atoms with E-state index in [2.05, 4.69) is 44.3 Å². The molecule has 2 rings (SSSR count). The topological polar surface area (TPSA) is 12.0 Å². The molecule has 2 heteroatoms. The van der Waals surface area contributed by atoms with Crippen LogP contribution in [0.3, 0.4) is 0 Å². The molecule has 0 aliphatic heterocycles. The SMILES string of the molecule is CCCNCc1ccc(F)cc1-c1ccc(C)cc1C. The van der Waals surface area contributed by atoms with Gasteiger partial charge in [-0.3, -0.25) is 0 Å². The summed E-state index contributed by atoms with van der Waals surface area (Å²) in [5, 5.41) is 3.39. The van der Waals surface area contributed by atoms with Crippen molar-refractivity contribution < 1.29 is 4.39 Å². The number of halogens is 1. The zero-order valence-electron chi connectivity index (χ0n) is 12.5. The third-order valence-electron chi connectivity index (χ3n) is 3.49. The minimum absolute atomic E-state index is 0.181. The molecule has 1 N–H and O–H groups in total. The third kappa shape index (κ3) is 3.45. The van der Waals surface area contributed by atoms with Crippen LogP contribution < -0.4 is 5.32 Å². The van der Waals surface area contributed by atoms with Gasteiger partial charge in [-0.05, 0) is 61.2 Å². The number of aryl methyl sites for hydroxylation is 2. The second kappa shape index (κ2) is 6.67. The van der Waals surface area contributed by atoms with E-state index in [1.807, 2.05) is 6.07 Å². The van der Waals surface area contributed by atoms with Gasteiger partial charge in [-0.25, -0.2) is 4.39 Å². The Balaban J connectivity index is 2.40. The van der Waals surface area contributed by atoms with Crippen molar-refractivity contribution in [3.63, 3.8) is 0 Å². The summed E-state index contributed by atoms with van der Waals surface area (Å²) < 4.78 is 13.6. The minimum atomic E-state index is -0.181. The predicted octanol–water partition coefficient (Wildman–Crippen LogP) is 4.61. The molecule has 0 atom stereocenters.